The second-order valence-corrected chi connectivity index (χ2v) is 8.87. The predicted octanol–water partition coefficient (Wildman–Crippen LogP) is -0.316. The lowest BCUT2D eigenvalue weighted by Gasteiger charge is -2.25. The average Bonchev–Trinajstić information content (AvgIpc) is 2.77. The molecule has 1 heterocycles. The fraction of sp³-hybridized carbons (Fsp3) is 0.500. The zero-order valence-corrected chi connectivity index (χ0v) is 20.6. The van der Waals surface area contributed by atoms with Crippen molar-refractivity contribution < 1.29 is 28.8 Å². The molecule has 3 atom stereocenters. The molecule has 4 amide bonds. The van der Waals surface area contributed by atoms with E-state index in [0.29, 0.717) is 19.4 Å². The Bertz CT molecular complexity index is 973. The van der Waals surface area contributed by atoms with E-state index in [0.717, 1.165) is 6.07 Å². The molecule has 0 fully saturated rings. The molecule has 186 valence electrons. The molecule has 0 saturated heterocycles. The van der Waals surface area contributed by atoms with Crippen LogP contribution < -0.4 is 32.2 Å². The number of nitrogens with two attached hydrogens (primary N) is 2. The summed E-state index contributed by atoms with van der Waals surface area (Å²) in [5, 5.41) is 18.9. The molecule has 1 aromatic carbocycles. The summed E-state index contributed by atoms with van der Waals surface area (Å²) in [6, 6.07) is -0.900. The van der Waals surface area contributed by atoms with Crippen LogP contribution in [0.4, 0.5) is 5.69 Å². The van der Waals surface area contributed by atoms with Gasteiger partial charge in [-0.2, -0.15) is 0 Å². The number of nitrogens with one attached hydrogen (secondary N) is 3. The maximum Gasteiger partial charge on any atom is 0.271 e. The molecule has 0 aliphatic carbocycles. The van der Waals surface area contributed by atoms with Gasteiger partial charge in [0.05, 0.1) is 20.7 Å². The molecule has 7 N–H and O–H groups in total. The quantitative estimate of drug-likeness (QED) is 0.128. The Hall–Kier alpha value is -3.01. The molecule has 0 unspecified atom stereocenters. The molecule has 13 nitrogen and oxygen atoms in total. The maximum absolute atomic E-state index is 12.9. The summed E-state index contributed by atoms with van der Waals surface area (Å²) in [6.07, 6.45) is 1.38. The number of unbranched alkanes of at least 4 members (excludes halogenated alkanes) is 1. The summed E-state index contributed by atoms with van der Waals surface area (Å²) in [4.78, 5) is 61.0. The number of ether oxygens (including phenoxy) is 1. The average molecular weight is 590 g/mol. The summed E-state index contributed by atoms with van der Waals surface area (Å²) in [7, 11) is 0. The van der Waals surface area contributed by atoms with Crippen LogP contribution in [0.2, 0.25) is 0 Å². The van der Waals surface area contributed by atoms with Crippen LogP contribution in [0, 0.1) is 13.7 Å². The van der Waals surface area contributed by atoms with E-state index >= 15 is 0 Å². The van der Waals surface area contributed by atoms with Gasteiger partial charge in [-0.3, -0.25) is 29.3 Å². The van der Waals surface area contributed by atoms with E-state index in [4.69, 9.17) is 16.2 Å². The molecular weight excluding hydrogens is 563 g/mol. The summed E-state index contributed by atoms with van der Waals surface area (Å²) in [5.74, 6) is -2.79. The summed E-state index contributed by atoms with van der Waals surface area (Å²) in [5.41, 5.74) is 10.5. The monoisotopic (exact) mass is 590 g/mol. The van der Waals surface area contributed by atoms with E-state index in [1.807, 2.05) is 0 Å². The smallest absolute Gasteiger partial charge is 0.271 e. The fourth-order valence-electron chi connectivity index (χ4n) is 3.23. The zero-order chi connectivity index (χ0) is 25.4. The number of hydrogen-bond donors (Lipinski definition) is 5. The second kappa shape index (κ2) is 12.5. The van der Waals surface area contributed by atoms with Crippen molar-refractivity contribution in [3.05, 3.63) is 31.4 Å². The van der Waals surface area contributed by atoms with E-state index in [1.165, 1.54) is 13.0 Å². The first-order valence-electron chi connectivity index (χ1n) is 10.6. The van der Waals surface area contributed by atoms with Crippen LogP contribution in [0.25, 0.3) is 0 Å². The van der Waals surface area contributed by atoms with Gasteiger partial charge in [-0.25, -0.2) is 0 Å². The van der Waals surface area contributed by atoms with Crippen molar-refractivity contribution in [1.29, 1.82) is 0 Å². The number of amides is 4. The van der Waals surface area contributed by atoms with Crippen LogP contribution in [0.3, 0.4) is 0 Å². The molecule has 1 aliphatic rings. The number of rotatable bonds is 6. The van der Waals surface area contributed by atoms with Gasteiger partial charge in [0.1, 0.15) is 23.9 Å². The number of halogens is 1. The lowest BCUT2D eigenvalue weighted by Crippen LogP contribution is -2.56. The van der Waals surface area contributed by atoms with Crippen LogP contribution in [0.5, 0.6) is 5.75 Å². The molecule has 0 saturated carbocycles. The Kier molecular flexibility index (Phi) is 9.97. The largest absolute Gasteiger partial charge is 0.492 e. The molecule has 0 bridgehead atoms. The first-order valence-corrected chi connectivity index (χ1v) is 11.6. The highest BCUT2D eigenvalue weighted by Gasteiger charge is 2.30. The minimum Gasteiger partial charge on any atom is -0.492 e. The van der Waals surface area contributed by atoms with E-state index in [1.54, 1.807) is 22.6 Å². The van der Waals surface area contributed by atoms with Crippen LogP contribution >= 0.6 is 22.6 Å². The SMILES string of the molecule is C[C@@H]1NC(=O)c2cc([N+](=O)[O-])cc(I)c2OCC[C@@H](C(N)=O)NC(=O)[C@H](CCCCN)NC1=O. The number of carbonyl (C=O) groups excluding carboxylic acids is 4. The summed E-state index contributed by atoms with van der Waals surface area (Å²) >= 11 is 1.79. The Morgan fingerprint density at radius 1 is 1.21 bits per heavy atom. The molecule has 34 heavy (non-hydrogen) atoms. The van der Waals surface area contributed by atoms with Crippen molar-refractivity contribution >= 4 is 51.9 Å². The number of non-ortho nitro benzene ring substituents is 1. The fourth-order valence-corrected chi connectivity index (χ4v) is 4.00. The van der Waals surface area contributed by atoms with Gasteiger partial charge in [0.2, 0.25) is 17.7 Å². The number of fused-ring (bicyclic) bond motifs is 1. The third kappa shape index (κ3) is 7.24. The van der Waals surface area contributed by atoms with Crippen LogP contribution in [0.1, 0.15) is 43.0 Å². The van der Waals surface area contributed by atoms with E-state index in [9.17, 15) is 29.3 Å². The molecule has 0 spiro atoms. The van der Waals surface area contributed by atoms with Crippen molar-refractivity contribution in [3.63, 3.8) is 0 Å². The summed E-state index contributed by atoms with van der Waals surface area (Å²) in [6.45, 7) is 1.69. The van der Waals surface area contributed by atoms with Crippen LogP contribution in [-0.2, 0) is 14.4 Å². The van der Waals surface area contributed by atoms with Crippen molar-refractivity contribution in [2.24, 2.45) is 11.5 Å². The highest BCUT2D eigenvalue weighted by atomic mass is 127. The van der Waals surface area contributed by atoms with Gasteiger partial charge in [0.15, 0.2) is 0 Å². The van der Waals surface area contributed by atoms with Crippen molar-refractivity contribution in [2.45, 2.75) is 50.7 Å². The topological polar surface area (TPSA) is 209 Å². The normalized spacial score (nSPS) is 21.7. The van der Waals surface area contributed by atoms with Gasteiger partial charge >= 0.3 is 0 Å². The van der Waals surface area contributed by atoms with Gasteiger partial charge in [-0.05, 0) is 55.3 Å². The Morgan fingerprint density at radius 3 is 2.53 bits per heavy atom. The maximum atomic E-state index is 12.9. The number of nitro groups is 1. The van der Waals surface area contributed by atoms with Crippen molar-refractivity contribution in [1.82, 2.24) is 16.0 Å². The number of benzene rings is 1. The molecule has 1 aromatic rings. The minimum absolute atomic E-state index is 0.0327. The van der Waals surface area contributed by atoms with Crippen molar-refractivity contribution in [2.75, 3.05) is 13.2 Å². The highest BCUT2D eigenvalue weighted by Crippen LogP contribution is 2.31. The number of nitrogens with zero attached hydrogens (tertiary/aromatic N) is 1. The molecule has 1 aliphatic heterocycles. The third-order valence-electron chi connectivity index (χ3n) is 5.12. The Morgan fingerprint density at radius 2 is 1.91 bits per heavy atom. The summed E-state index contributed by atoms with van der Waals surface area (Å²) < 4.78 is 5.97. The van der Waals surface area contributed by atoms with E-state index in [-0.39, 0.29) is 40.0 Å². The van der Waals surface area contributed by atoms with Gasteiger partial charge in [0, 0.05) is 18.6 Å². The lowest BCUT2D eigenvalue weighted by molar-refractivity contribution is -0.385. The molecular formula is C20H27IN6O7. The predicted molar refractivity (Wildman–Crippen MR) is 129 cm³/mol. The van der Waals surface area contributed by atoms with Gasteiger partial charge < -0.3 is 32.2 Å². The third-order valence-corrected chi connectivity index (χ3v) is 5.92. The van der Waals surface area contributed by atoms with E-state index in [2.05, 4.69) is 16.0 Å². The molecule has 14 heteroatoms. The van der Waals surface area contributed by atoms with Gasteiger partial charge in [0.25, 0.3) is 11.6 Å². The first-order chi connectivity index (χ1) is 16.0. The Labute approximate surface area is 209 Å². The standard InChI is InChI=1S/C20H27IN6O7/c1-10-18(29)26-15(4-2-3-6-22)20(31)25-14(17(23)28)5-7-34-16-12(19(30)24-10)8-11(27(32)33)9-13(16)21/h8-10,14-15H,2-7,22H2,1H3,(H2,23,28)(H,24,30)(H,25,31)(H,26,29)/t10-,14-,15-/m0/s1. The van der Waals surface area contributed by atoms with Gasteiger partial charge in [-0.1, -0.05) is 0 Å². The minimum atomic E-state index is -1.10. The highest BCUT2D eigenvalue weighted by molar-refractivity contribution is 14.1. The second-order valence-electron chi connectivity index (χ2n) is 7.70. The number of hydrogen-bond acceptors (Lipinski definition) is 8. The lowest BCUT2D eigenvalue weighted by atomic mass is 10.1. The van der Waals surface area contributed by atoms with Crippen LogP contribution in [0.15, 0.2) is 12.1 Å². The van der Waals surface area contributed by atoms with E-state index < -0.39 is 46.7 Å². The first kappa shape index (κ1) is 27.2. The number of nitro benzene ring substituents is 1. The number of carbonyl (C=O) groups is 4. The van der Waals surface area contributed by atoms with Crippen LogP contribution in [-0.4, -0.2) is 59.8 Å². The van der Waals surface area contributed by atoms with Gasteiger partial charge in [-0.15, -0.1) is 0 Å². The zero-order valence-electron chi connectivity index (χ0n) is 18.5. The molecule has 0 aromatic heterocycles. The van der Waals surface area contributed by atoms with Crippen molar-refractivity contribution in [3.8, 4) is 5.75 Å². The Balaban J connectivity index is 2.43. The molecule has 0 radical (unpaired) electrons. The molecule has 2 rings (SSSR count). The number of primary amides is 1.